The van der Waals surface area contributed by atoms with E-state index in [1.165, 1.54) is 7.05 Å². The van der Waals surface area contributed by atoms with E-state index in [0.717, 1.165) is 4.90 Å². The molecule has 0 aliphatic rings. The molecule has 0 aromatic carbocycles. The first kappa shape index (κ1) is 11.1. The van der Waals surface area contributed by atoms with Gasteiger partial charge in [-0.1, -0.05) is 23.2 Å². The molecule has 0 saturated heterocycles. The van der Waals surface area contributed by atoms with Crippen LogP contribution in [0.4, 0.5) is 4.79 Å². The summed E-state index contributed by atoms with van der Waals surface area (Å²) in [4.78, 5) is 15.4. The van der Waals surface area contributed by atoms with Gasteiger partial charge in [0.05, 0.1) is 0 Å². The third-order valence-corrected chi connectivity index (χ3v) is 1.96. The van der Waals surface area contributed by atoms with E-state index in [1.54, 1.807) is 12.1 Å². The van der Waals surface area contributed by atoms with Crippen molar-refractivity contribution < 1.29 is 9.90 Å². The average molecular weight is 235 g/mol. The van der Waals surface area contributed by atoms with Gasteiger partial charge in [0.25, 0.3) is 0 Å². The van der Waals surface area contributed by atoms with Crippen LogP contribution >= 0.6 is 23.2 Å². The first-order valence-electron chi connectivity index (χ1n) is 3.75. The molecule has 1 heterocycles. The lowest BCUT2D eigenvalue weighted by Gasteiger charge is -2.12. The highest BCUT2D eigenvalue weighted by molar-refractivity contribution is 6.32. The third-order valence-electron chi connectivity index (χ3n) is 1.57. The van der Waals surface area contributed by atoms with Crippen LogP contribution in [0.3, 0.4) is 0 Å². The number of rotatable bonds is 2. The van der Waals surface area contributed by atoms with Gasteiger partial charge in [-0.3, -0.25) is 0 Å². The van der Waals surface area contributed by atoms with Crippen LogP contribution in [0.15, 0.2) is 12.1 Å². The molecule has 1 aromatic heterocycles. The molecule has 76 valence electrons. The van der Waals surface area contributed by atoms with Gasteiger partial charge in [-0.25, -0.2) is 9.78 Å². The van der Waals surface area contributed by atoms with E-state index in [-0.39, 0.29) is 16.9 Å². The van der Waals surface area contributed by atoms with Crippen LogP contribution in [0.5, 0.6) is 0 Å². The Hall–Kier alpha value is -1.00. The topological polar surface area (TPSA) is 53.4 Å². The lowest BCUT2D eigenvalue weighted by Crippen LogP contribution is -2.23. The fourth-order valence-corrected chi connectivity index (χ4v) is 1.45. The zero-order valence-corrected chi connectivity index (χ0v) is 8.88. The predicted molar refractivity (Wildman–Crippen MR) is 53.7 cm³/mol. The molecule has 1 amide bonds. The quantitative estimate of drug-likeness (QED) is 0.801. The summed E-state index contributed by atoms with van der Waals surface area (Å²) < 4.78 is 0. The Bertz CT molecular complexity index is 337. The summed E-state index contributed by atoms with van der Waals surface area (Å²) in [6.07, 6.45) is -1.01. The average Bonchev–Trinajstić information content (AvgIpc) is 2.01. The molecule has 0 aliphatic carbocycles. The smallest absolute Gasteiger partial charge is 0.407 e. The molecule has 0 fully saturated rings. The molecule has 1 aromatic rings. The molecule has 0 radical (unpaired) electrons. The van der Waals surface area contributed by atoms with Crippen LogP contribution in [-0.2, 0) is 6.54 Å². The molecule has 0 spiro atoms. The Balaban J connectivity index is 2.81. The van der Waals surface area contributed by atoms with Crippen molar-refractivity contribution in [3.8, 4) is 0 Å². The molecule has 1 rings (SSSR count). The molecule has 1 N–H and O–H groups in total. The summed E-state index contributed by atoms with van der Waals surface area (Å²) >= 11 is 11.3. The lowest BCUT2D eigenvalue weighted by molar-refractivity contribution is 0.153. The lowest BCUT2D eigenvalue weighted by atomic mass is 10.2. The Kier molecular flexibility index (Phi) is 3.55. The molecular weight excluding hydrogens is 227 g/mol. The first-order chi connectivity index (χ1) is 6.49. The SMILES string of the molecule is CN(Cc1cc(Cl)nc(Cl)c1)C(=O)O. The minimum absolute atomic E-state index is 0.233. The van der Waals surface area contributed by atoms with Crippen molar-refractivity contribution in [2.75, 3.05) is 7.05 Å². The summed E-state index contributed by atoms with van der Waals surface area (Å²) in [5.41, 5.74) is 0.708. The van der Waals surface area contributed by atoms with Crippen LogP contribution < -0.4 is 0 Å². The molecule has 0 atom stereocenters. The van der Waals surface area contributed by atoms with Crippen LogP contribution in [0.2, 0.25) is 10.3 Å². The summed E-state index contributed by atoms with van der Waals surface area (Å²) in [5.74, 6) is 0. The van der Waals surface area contributed by atoms with Crippen LogP contribution in [0.25, 0.3) is 0 Å². The number of hydrogen-bond donors (Lipinski definition) is 1. The maximum atomic E-state index is 10.5. The predicted octanol–water partition coefficient (Wildman–Crippen LogP) is 2.50. The van der Waals surface area contributed by atoms with Gasteiger partial charge in [-0.15, -0.1) is 0 Å². The molecular formula is C8H8Cl2N2O2. The van der Waals surface area contributed by atoms with E-state index in [4.69, 9.17) is 28.3 Å². The molecule has 0 bridgehead atoms. The van der Waals surface area contributed by atoms with E-state index >= 15 is 0 Å². The summed E-state index contributed by atoms with van der Waals surface area (Å²) in [5, 5.41) is 9.14. The number of pyridine rings is 1. The molecule has 6 heteroatoms. The van der Waals surface area contributed by atoms with Gasteiger partial charge < -0.3 is 10.0 Å². The summed E-state index contributed by atoms with van der Waals surface area (Å²) in [6.45, 7) is 0.233. The minimum atomic E-state index is -1.01. The highest BCUT2D eigenvalue weighted by Gasteiger charge is 2.07. The minimum Gasteiger partial charge on any atom is -0.465 e. The highest BCUT2D eigenvalue weighted by atomic mass is 35.5. The highest BCUT2D eigenvalue weighted by Crippen LogP contribution is 2.15. The number of carboxylic acid groups (broad SMARTS) is 1. The van der Waals surface area contributed by atoms with Gasteiger partial charge in [0.15, 0.2) is 0 Å². The number of aromatic nitrogens is 1. The Morgan fingerprint density at radius 3 is 2.43 bits per heavy atom. The Labute approximate surface area is 91.1 Å². The second-order valence-corrected chi connectivity index (χ2v) is 3.53. The van der Waals surface area contributed by atoms with Crippen molar-refractivity contribution in [1.29, 1.82) is 0 Å². The zero-order chi connectivity index (χ0) is 10.7. The summed E-state index contributed by atoms with van der Waals surface area (Å²) in [6, 6.07) is 3.15. The summed E-state index contributed by atoms with van der Waals surface area (Å²) in [7, 11) is 1.46. The van der Waals surface area contributed by atoms with Crippen molar-refractivity contribution in [2.45, 2.75) is 6.54 Å². The standard InChI is InChI=1S/C8H8Cl2N2O2/c1-12(8(13)14)4-5-2-6(9)11-7(10)3-5/h2-3H,4H2,1H3,(H,13,14). The maximum absolute atomic E-state index is 10.5. The van der Waals surface area contributed by atoms with Gasteiger partial charge in [-0.05, 0) is 17.7 Å². The van der Waals surface area contributed by atoms with Gasteiger partial charge >= 0.3 is 6.09 Å². The monoisotopic (exact) mass is 234 g/mol. The third kappa shape index (κ3) is 3.05. The number of carbonyl (C=O) groups is 1. The van der Waals surface area contributed by atoms with Gasteiger partial charge in [0, 0.05) is 13.6 Å². The number of hydrogen-bond acceptors (Lipinski definition) is 2. The van der Waals surface area contributed by atoms with E-state index in [9.17, 15) is 4.79 Å². The second-order valence-electron chi connectivity index (χ2n) is 2.76. The van der Waals surface area contributed by atoms with Crippen molar-refractivity contribution in [3.63, 3.8) is 0 Å². The van der Waals surface area contributed by atoms with Crippen molar-refractivity contribution in [3.05, 3.63) is 28.0 Å². The molecule has 14 heavy (non-hydrogen) atoms. The van der Waals surface area contributed by atoms with Gasteiger partial charge in [0.2, 0.25) is 0 Å². The number of nitrogens with zero attached hydrogens (tertiary/aromatic N) is 2. The number of halogens is 2. The van der Waals surface area contributed by atoms with Crippen molar-refractivity contribution in [1.82, 2.24) is 9.88 Å². The van der Waals surface area contributed by atoms with Crippen LogP contribution in [-0.4, -0.2) is 28.1 Å². The Morgan fingerprint density at radius 1 is 1.50 bits per heavy atom. The van der Waals surface area contributed by atoms with Crippen molar-refractivity contribution in [2.24, 2.45) is 0 Å². The van der Waals surface area contributed by atoms with Gasteiger partial charge in [-0.2, -0.15) is 0 Å². The fourth-order valence-electron chi connectivity index (χ4n) is 0.947. The van der Waals surface area contributed by atoms with E-state index in [1.807, 2.05) is 0 Å². The van der Waals surface area contributed by atoms with Crippen LogP contribution in [0.1, 0.15) is 5.56 Å². The number of amides is 1. The molecule has 4 nitrogen and oxygen atoms in total. The van der Waals surface area contributed by atoms with Crippen molar-refractivity contribution >= 4 is 29.3 Å². The second kappa shape index (κ2) is 4.48. The van der Waals surface area contributed by atoms with Crippen LogP contribution in [0, 0.1) is 0 Å². The zero-order valence-electron chi connectivity index (χ0n) is 7.37. The normalized spacial score (nSPS) is 9.93. The molecule has 0 unspecified atom stereocenters. The maximum Gasteiger partial charge on any atom is 0.407 e. The van der Waals surface area contributed by atoms with E-state index < -0.39 is 6.09 Å². The Morgan fingerprint density at radius 2 is 2.00 bits per heavy atom. The molecule has 0 saturated carbocycles. The van der Waals surface area contributed by atoms with E-state index in [0.29, 0.717) is 5.56 Å². The van der Waals surface area contributed by atoms with Gasteiger partial charge in [0.1, 0.15) is 10.3 Å². The first-order valence-corrected chi connectivity index (χ1v) is 4.50. The fraction of sp³-hybridized carbons (Fsp3) is 0.250. The largest absolute Gasteiger partial charge is 0.465 e. The van der Waals surface area contributed by atoms with E-state index in [2.05, 4.69) is 4.98 Å². The molecule has 0 aliphatic heterocycles.